The summed E-state index contributed by atoms with van der Waals surface area (Å²) in [6.07, 6.45) is 7.87. The quantitative estimate of drug-likeness (QED) is 0.610. The average Bonchev–Trinajstić information content (AvgIpc) is 3.19. The molecule has 1 amide bonds. The van der Waals surface area contributed by atoms with Crippen LogP contribution in [0, 0.1) is 0 Å². The van der Waals surface area contributed by atoms with Crippen molar-refractivity contribution in [3.8, 4) is 5.75 Å². The minimum atomic E-state index is -0.166. The molecule has 0 fully saturated rings. The van der Waals surface area contributed by atoms with Gasteiger partial charge < -0.3 is 19.9 Å². The number of imidazole rings is 1. The lowest BCUT2D eigenvalue weighted by atomic mass is 10.2. The number of amides is 1. The molecule has 2 N–H and O–H groups in total. The lowest BCUT2D eigenvalue weighted by Crippen LogP contribution is -2.26. The number of benzene rings is 1. The van der Waals surface area contributed by atoms with Crippen LogP contribution in [0.25, 0.3) is 0 Å². The molecule has 0 saturated heterocycles. The summed E-state index contributed by atoms with van der Waals surface area (Å²) in [5.74, 6) is 1.01. The van der Waals surface area contributed by atoms with Crippen molar-refractivity contribution in [3.05, 3.63) is 66.9 Å². The molecule has 3 aromatic rings. The van der Waals surface area contributed by atoms with Crippen molar-refractivity contribution in [1.29, 1.82) is 0 Å². The lowest BCUT2D eigenvalue weighted by Gasteiger charge is -2.13. The van der Waals surface area contributed by atoms with E-state index in [0.29, 0.717) is 23.7 Å². The molecule has 0 saturated carbocycles. The van der Waals surface area contributed by atoms with Gasteiger partial charge in [-0.2, -0.15) is 0 Å². The fourth-order valence-electron chi connectivity index (χ4n) is 2.54. The first-order valence-corrected chi connectivity index (χ1v) is 8.37. The van der Waals surface area contributed by atoms with Crippen LogP contribution in [0.1, 0.15) is 16.8 Å². The Morgan fingerprint density at radius 2 is 2.08 bits per heavy atom. The second kappa shape index (κ2) is 8.66. The van der Waals surface area contributed by atoms with Crippen LogP contribution in [0.3, 0.4) is 0 Å². The van der Waals surface area contributed by atoms with E-state index >= 15 is 0 Å². The molecule has 134 valence electrons. The molecule has 0 aliphatic heterocycles. The number of nitrogens with one attached hydrogen (secondary N) is 2. The number of ether oxygens (including phenoxy) is 1. The first kappa shape index (κ1) is 17.5. The van der Waals surface area contributed by atoms with Crippen molar-refractivity contribution in [3.63, 3.8) is 0 Å². The topological polar surface area (TPSA) is 81.1 Å². The van der Waals surface area contributed by atoms with Crippen LogP contribution in [0.4, 0.5) is 11.5 Å². The molecule has 7 nitrogen and oxygen atoms in total. The Morgan fingerprint density at radius 1 is 1.19 bits per heavy atom. The van der Waals surface area contributed by atoms with Crippen molar-refractivity contribution in [2.75, 3.05) is 19.0 Å². The van der Waals surface area contributed by atoms with Gasteiger partial charge in [0.1, 0.15) is 11.6 Å². The molecule has 0 spiro atoms. The second-order valence-corrected chi connectivity index (χ2v) is 5.63. The maximum Gasteiger partial charge on any atom is 0.255 e. The molecule has 0 bridgehead atoms. The summed E-state index contributed by atoms with van der Waals surface area (Å²) in [4.78, 5) is 20.8. The molecule has 2 aromatic heterocycles. The third-order valence-corrected chi connectivity index (χ3v) is 3.85. The molecule has 0 unspecified atom stereocenters. The fourth-order valence-corrected chi connectivity index (χ4v) is 2.54. The summed E-state index contributed by atoms with van der Waals surface area (Å²) in [5, 5.41) is 6.11. The van der Waals surface area contributed by atoms with Crippen molar-refractivity contribution in [2.24, 2.45) is 0 Å². The Bertz CT molecular complexity index is 849. The Labute approximate surface area is 152 Å². The smallest absolute Gasteiger partial charge is 0.255 e. The lowest BCUT2D eigenvalue weighted by molar-refractivity contribution is 0.0953. The van der Waals surface area contributed by atoms with E-state index in [0.717, 1.165) is 18.7 Å². The summed E-state index contributed by atoms with van der Waals surface area (Å²) in [6.45, 7) is 1.37. The second-order valence-electron chi connectivity index (χ2n) is 5.63. The number of rotatable bonds is 8. The van der Waals surface area contributed by atoms with Crippen molar-refractivity contribution in [1.82, 2.24) is 19.9 Å². The van der Waals surface area contributed by atoms with E-state index in [1.807, 2.05) is 35.0 Å². The number of nitrogens with zero attached hydrogens (tertiary/aromatic N) is 3. The summed E-state index contributed by atoms with van der Waals surface area (Å²) >= 11 is 0. The molecule has 7 heteroatoms. The summed E-state index contributed by atoms with van der Waals surface area (Å²) in [6, 6.07) is 11.0. The summed E-state index contributed by atoms with van der Waals surface area (Å²) in [7, 11) is 1.60. The average molecular weight is 351 g/mol. The molecular weight excluding hydrogens is 330 g/mol. The van der Waals surface area contributed by atoms with Crippen LogP contribution in [0.15, 0.2) is 61.3 Å². The minimum Gasteiger partial charge on any atom is -0.495 e. The van der Waals surface area contributed by atoms with Crippen LogP contribution in [0.5, 0.6) is 5.75 Å². The molecule has 0 aliphatic rings. The minimum absolute atomic E-state index is 0.166. The number of para-hydroxylation sites is 2. The molecule has 0 atom stereocenters. The highest BCUT2D eigenvalue weighted by atomic mass is 16.5. The molecule has 26 heavy (non-hydrogen) atoms. The van der Waals surface area contributed by atoms with Crippen LogP contribution < -0.4 is 15.4 Å². The van der Waals surface area contributed by atoms with Gasteiger partial charge in [0.15, 0.2) is 0 Å². The zero-order chi connectivity index (χ0) is 18.2. The van der Waals surface area contributed by atoms with E-state index < -0.39 is 0 Å². The number of hydrogen-bond donors (Lipinski definition) is 2. The van der Waals surface area contributed by atoms with Gasteiger partial charge in [0.25, 0.3) is 5.91 Å². The van der Waals surface area contributed by atoms with E-state index in [1.165, 1.54) is 0 Å². The fraction of sp³-hybridized carbons (Fsp3) is 0.211. The van der Waals surface area contributed by atoms with E-state index in [4.69, 9.17) is 4.74 Å². The van der Waals surface area contributed by atoms with Gasteiger partial charge >= 0.3 is 0 Å². The van der Waals surface area contributed by atoms with Gasteiger partial charge in [-0.1, -0.05) is 12.1 Å². The highest BCUT2D eigenvalue weighted by Gasteiger charge is 2.13. The predicted octanol–water partition coefficient (Wildman–Crippen LogP) is 2.85. The SMILES string of the molecule is COc1ccccc1Nc1ncccc1C(=O)NCCCn1ccnc1. The molecule has 3 rings (SSSR count). The number of aryl methyl sites for hydroxylation is 1. The largest absolute Gasteiger partial charge is 0.495 e. The van der Waals surface area contributed by atoms with E-state index in [2.05, 4.69) is 20.6 Å². The highest BCUT2D eigenvalue weighted by molar-refractivity contribution is 5.99. The van der Waals surface area contributed by atoms with Crippen molar-refractivity contribution >= 4 is 17.4 Å². The normalized spacial score (nSPS) is 10.3. The molecule has 0 radical (unpaired) electrons. The standard InChI is InChI=1S/C19H21N5O2/c1-26-17-8-3-2-7-16(17)23-18-15(6-4-9-21-18)19(25)22-10-5-12-24-13-11-20-14-24/h2-4,6-9,11,13-14H,5,10,12H2,1H3,(H,21,23)(H,22,25). The Hall–Kier alpha value is -3.35. The third kappa shape index (κ3) is 4.38. The number of anilines is 2. The third-order valence-electron chi connectivity index (χ3n) is 3.85. The zero-order valence-corrected chi connectivity index (χ0v) is 14.6. The van der Waals surface area contributed by atoms with Crippen molar-refractivity contribution < 1.29 is 9.53 Å². The molecule has 1 aromatic carbocycles. The summed E-state index contributed by atoms with van der Waals surface area (Å²) in [5.41, 5.74) is 1.24. The number of carbonyl (C=O) groups excluding carboxylic acids is 1. The molecule has 0 aliphatic carbocycles. The van der Waals surface area contributed by atoms with Gasteiger partial charge in [-0.25, -0.2) is 9.97 Å². The Balaban J connectivity index is 1.63. The van der Waals surface area contributed by atoms with Crippen LogP contribution in [0.2, 0.25) is 0 Å². The van der Waals surface area contributed by atoms with Crippen molar-refractivity contribution in [2.45, 2.75) is 13.0 Å². The first-order valence-electron chi connectivity index (χ1n) is 8.37. The Kier molecular flexibility index (Phi) is 5.82. The Morgan fingerprint density at radius 3 is 2.88 bits per heavy atom. The van der Waals surface area contributed by atoms with E-state index in [-0.39, 0.29) is 5.91 Å². The number of hydrogen-bond acceptors (Lipinski definition) is 5. The van der Waals surface area contributed by atoms with Crippen LogP contribution in [-0.4, -0.2) is 34.1 Å². The van der Waals surface area contributed by atoms with Gasteiger partial charge in [0, 0.05) is 31.7 Å². The van der Waals surface area contributed by atoms with Gasteiger partial charge in [-0.05, 0) is 30.7 Å². The number of methoxy groups -OCH3 is 1. The van der Waals surface area contributed by atoms with E-state index in [9.17, 15) is 4.79 Å². The zero-order valence-electron chi connectivity index (χ0n) is 14.6. The first-order chi connectivity index (χ1) is 12.8. The van der Waals surface area contributed by atoms with Crippen LogP contribution >= 0.6 is 0 Å². The predicted molar refractivity (Wildman–Crippen MR) is 99.7 cm³/mol. The van der Waals surface area contributed by atoms with Gasteiger partial charge in [-0.15, -0.1) is 0 Å². The number of pyridine rings is 1. The monoisotopic (exact) mass is 351 g/mol. The maximum absolute atomic E-state index is 12.5. The maximum atomic E-state index is 12.5. The van der Waals surface area contributed by atoms with E-state index in [1.54, 1.807) is 38.0 Å². The molecular formula is C19H21N5O2. The molecule has 2 heterocycles. The number of carbonyl (C=O) groups is 1. The van der Waals surface area contributed by atoms with Gasteiger partial charge in [0.05, 0.1) is 24.7 Å². The van der Waals surface area contributed by atoms with Gasteiger partial charge in [0.2, 0.25) is 0 Å². The number of aromatic nitrogens is 3. The van der Waals surface area contributed by atoms with Crippen LogP contribution in [-0.2, 0) is 6.54 Å². The highest BCUT2D eigenvalue weighted by Crippen LogP contribution is 2.27. The van der Waals surface area contributed by atoms with Gasteiger partial charge in [-0.3, -0.25) is 4.79 Å². The summed E-state index contributed by atoms with van der Waals surface area (Å²) < 4.78 is 7.31.